The zero-order valence-electron chi connectivity index (χ0n) is 22.8. The van der Waals surface area contributed by atoms with E-state index in [9.17, 15) is 13.2 Å². The Morgan fingerprint density at radius 1 is 0.805 bits per heavy atom. The SMILES string of the molecule is COc1ccc(S(=O)(=O)N[C@@H]2c3cc4c(cc3[C@@H](c3cc(OC)c(OC)c(OC)c3)[C@H]3C(=O)OC[C@@H]32)OCO4)cc1. The van der Waals surface area contributed by atoms with Crippen LogP contribution in [0.15, 0.2) is 53.4 Å². The molecule has 4 atom stereocenters. The van der Waals surface area contributed by atoms with Crippen LogP contribution < -0.4 is 33.1 Å². The van der Waals surface area contributed by atoms with E-state index < -0.39 is 39.8 Å². The van der Waals surface area contributed by atoms with Crippen LogP contribution in [0.4, 0.5) is 0 Å². The molecule has 11 nitrogen and oxygen atoms in total. The molecule has 0 amide bonds. The molecule has 2 aliphatic heterocycles. The lowest BCUT2D eigenvalue weighted by atomic mass is 9.65. The molecule has 1 fully saturated rings. The molecule has 1 saturated heterocycles. The number of carbonyl (C=O) groups excluding carboxylic acids is 1. The quantitative estimate of drug-likeness (QED) is 0.394. The van der Waals surface area contributed by atoms with Crippen molar-refractivity contribution < 1.29 is 46.4 Å². The summed E-state index contributed by atoms with van der Waals surface area (Å²) in [5.74, 6) is 0.595. The van der Waals surface area contributed by atoms with E-state index in [2.05, 4.69) is 4.72 Å². The summed E-state index contributed by atoms with van der Waals surface area (Å²) in [5.41, 5.74) is 2.07. The predicted octanol–water partition coefficient (Wildman–Crippen LogP) is 3.40. The van der Waals surface area contributed by atoms with Gasteiger partial charge in [-0.3, -0.25) is 4.79 Å². The van der Waals surface area contributed by atoms with E-state index in [-0.39, 0.29) is 18.3 Å². The predicted molar refractivity (Wildman–Crippen MR) is 145 cm³/mol. The van der Waals surface area contributed by atoms with E-state index >= 15 is 0 Å². The first kappa shape index (κ1) is 27.0. The van der Waals surface area contributed by atoms with E-state index in [4.69, 9.17) is 33.2 Å². The molecule has 6 rings (SSSR count). The molecule has 0 radical (unpaired) electrons. The number of fused-ring (bicyclic) bond motifs is 3. The second-order valence-electron chi connectivity index (χ2n) is 9.86. The summed E-state index contributed by atoms with van der Waals surface area (Å²) in [6.45, 7) is 0.0678. The van der Waals surface area contributed by atoms with Gasteiger partial charge in [-0.2, -0.15) is 0 Å². The van der Waals surface area contributed by atoms with Gasteiger partial charge in [0.15, 0.2) is 23.0 Å². The van der Waals surface area contributed by atoms with Gasteiger partial charge in [0.1, 0.15) is 5.75 Å². The Bertz CT molecular complexity index is 1580. The van der Waals surface area contributed by atoms with E-state index in [0.717, 1.165) is 0 Å². The fraction of sp³-hybridized carbons (Fsp3) is 0.345. The molecule has 0 aromatic heterocycles. The van der Waals surface area contributed by atoms with Crippen LogP contribution >= 0.6 is 0 Å². The maximum Gasteiger partial charge on any atom is 0.310 e. The van der Waals surface area contributed by atoms with Crippen molar-refractivity contribution in [3.63, 3.8) is 0 Å². The molecule has 0 bridgehead atoms. The Morgan fingerprint density at radius 3 is 2.02 bits per heavy atom. The van der Waals surface area contributed by atoms with Crippen molar-refractivity contribution in [2.24, 2.45) is 11.8 Å². The van der Waals surface area contributed by atoms with Crippen LogP contribution in [0, 0.1) is 11.8 Å². The average Bonchev–Trinajstić information content (AvgIpc) is 3.61. The van der Waals surface area contributed by atoms with Gasteiger partial charge in [-0.05, 0) is 65.2 Å². The highest BCUT2D eigenvalue weighted by Gasteiger charge is 2.53. The molecule has 41 heavy (non-hydrogen) atoms. The maximum absolute atomic E-state index is 13.6. The molecule has 1 aliphatic carbocycles. The first-order chi connectivity index (χ1) is 19.8. The van der Waals surface area contributed by atoms with Gasteiger partial charge in [-0.1, -0.05) is 0 Å². The molecule has 216 valence electrons. The van der Waals surface area contributed by atoms with Crippen molar-refractivity contribution in [2.75, 3.05) is 41.8 Å². The third kappa shape index (κ3) is 4.47. The number of hydrogen-bond acceptors (Lipinski definition) is 10. The summed E-state index contributed by atoms with van der Waals surface area (Å²) in [5, 5.41) is 0. The summed E-state index contributed by atoms with van der Waals surface area (Å²) in [7, 11) is 2.05. The molecule has 12 heteroatoms. The smallest absolute Gasteiger partial charge is 0.310 e. The van der Waals surface area contributed by atoms with Gasteiger partial charge in [0.2, 0.25) is 22.6 Å². The molecule has 0 unspecified atom stereocenters. The molecule has 0 saturated carbocycles. The third-order valence-corrected chi connectivity index (χ3v) is 9.34. The van der Waals surface area contributed by atoms with Crippen molar-refractivity contribution in [2.45, 2.75) is 16.9 Å². The number of ether oxygens (including phenoxy) is 7. The monoisotopic (exact) mass is 583 g/mol. The van der Waals surface area contributed by atoms with Gasteiger partial charge in [0.25, 0.3) is 0 Å². The first-order valence-corrected chi connectivity index (χ1v) is 14.3. The summed E-state index contributed by atoms with van der Waals surface area (Å²) in [4.78, 5) is 13.4. The van der Waals surface area contributed by atoms with Crippen LogP contribution in [0.3, 0.4) is 0 Å². The van der Waals surface area contributed by atoms with Crippen LogP contribution in [-0.4, -0.2) is 56.2 Å². The second-order valence-corrected chi connectivity index (χ2v) is 11.6. The van der Waals surface area contributed by atoms with Gasteiger partial charge < -0.3 is 33.2 Å². The number of carbonyl (C=O) groups is 1. The molecule has 3 aromatic carbocycles. The van der Waals surface area contributed by atoms with Crippen molar-refractivity contribution in [3.8, 4) is 34.5 Å². The van der Waals surface area contributed by atoms with Crippen LogP contribution in [0.5, 0.6) is 34.5 Å². The van der Waals surface area contributed by atoms with Crippen LogP contribution in [0.25, 0.3) is 0 Å². The standard InChI is InChI=1S/C29H29NO10S/c1-34-16-5-7-17(8-6-16)41(32,33)30-27-19-12-22-21(39-14-40-22)11-18(19)25(26-20(27)13-38-29(26)31)15-9-23(35-2)28(37-4)24(10-15)36-3/h5-12,20,25-27,30H,13-14H2,1-4H3/t20-,25+,26-,27+/m0/s1. The topological polar surface area (TPSA) is 128 Å². The highest BCUT2D eigenvalue weighted by atomic mass is 32.2. The number of methoxy groups -OCH3 is 4. The minimum absolute atomic E-state index is 0.0320. The lowest BCUT2D eigenvalue weighted by Gasteiger charge is -2.39. The van der Waals surface area contributed by atoms with Gasteiger partial charge in [0.05, 0.1) is 51.9 Å². The third-order valence-electron chi connectivity index (χ3n) is 7.89. The maximum atomic E-state index is 13.6. The Kier molecular flexibility index (Phi) is 6.82. The molecular weight excluding hydrogens is 554 g/mol. The summed E-state index contributed by atoms with van der Waals surface area (Å²) in [6.07, 6.45) is 0. The van der Waals surface area contributed by atoms with Gasteiger partial charge in [-0.25, -0.2) is 13.1 Å². The van der Waals surface area contributed by atoms with Gasteiger partial charge >= 0.3 is 5.97 Å². The average molecular weight is 584 g/mol. The number of rotatable bonds is 8. The lowest BCUT2D eigenvalue weighted by molar-refractivity contribution is -0.141. The number of nitrogens with one attached hydrogen (secondary N) is 1. The molecular formula is C29H29NO10S. The number of esters is 1. The fourth-order valence-corrected chi connectivity index (χ4v) is 7.25. The molecule has 3 aromatic rings. The van der Waals surface area contributed by atoms with E-state index in [0.29, 0.717) is 51.2 Å². The molecule has 1 N–H and O–H groups in total. The van der Waals surface area contributed by atoms with Crippen LogP contribution in [0.2, 0.25) is 0 Å². The number of hydrogen-bond donors (Lipinski definition) is 1. The number of benzene rings is 3. The Labute approximate surface area is 237 Å². The van der Waals surface area contributed by atoms with E-state index in [1.165, 1.54) is 40.6 Å². The van der Waals surface area contributed by atoms with Crippen LogP contribution in [-0.2, 0) is 19.6 Å². The van der Waals surface area contributed by atoms with Gasteiger partial charge in [0, 0.05) is 11.8 Å². The highest BCUT2D eigenvalue weighted by Crippen LogP contribution is 2.55. The van der Waals surface area contributed by atoms with E-state index in [1.54, 1.807) is 30.3 Å². The fourth-order valence-electron chi connectivity index (χ4n) is 5.98. The molecule has 2 heterocycles. The largest absolute Gasteiger partial charge is 0.497 e. The normalized spacial score (nSPS) is 22.4. The Balaban J connectivity index is 1.52. The van der Waals surface area contributed by atoms with Crippen molar-refractivity contribution >= 4 is 16.0 Å². The minimum atomic E-state index is -4.01. The van der Waals surface area contributed by atoms with Crippen molar-refractivity contribution in [1.29, 1.82) is 0 Å². The minimum Gasteiger partial charge on any atom is -0.497 e. The van der Waals surface area contributed by atoms with Crippen molar-refractivity contribution in [3.05, 3.63) is 65.2 Å². The first-order valence-electron chi connectivity index (χ1n) is 12.9. The number of sulfonamides is 1. The van der Waals surface area contributed by atoms with E-state index in [1.807, 2.05) is 6.07 Å². The number of cyclic esters (lactones) is 1. The Hall–Kier alpha value is -4.16. The second kappa shape index (κ2) is 10.3. The molecule has 0 spiro atoms. The highest BCUT2D eigenvalue weighted by molar-refractivity contribution is 7.89. The zero-order valence-corrected chi connectivity index (χ0v) is 23.6. The lowest BCUT2D eigenvalue weighted by Crippen LogP contribution is -2.42. The summed E-state index contributed by atoms with van der Waals surface area (Å²) in [6, 6.07) is 12.5. The van der Waals surface area contributed by atoms with Crippen LogP contribution in [0.1, 0.15) is 28.7 Å². The Morgan fingerprint density at radius 2 is 1.44 bits per heavy atom. The van der Waals surface area contributed by atoms with Gasteiger partial charge in [-0.15, -0.1) is 0 Å². The summed E-state index contributed by atoms with van der Waals surface area (Å²) < 4.78 is 68.9. The van der Waals surface area contributed by atoms with Crippen molar-refractivity contribution in [1.82, 2.24) is 4.72 Å². The zero-order chi connectivity index (χ0) is 28.9. The molecule has 3 aliphatic rings. The summed E-state index contributed by atoms with van der Waals surface area (Å²) >= 11 is 0.